The Kier molecular flexibility index (Phi) is 6.75. The van der Waals surface area contributed by atoms with Gasteiger partial charge in [0, 0.05) is 29.2 Å². The molecule has 0 spiro atoms. The number of hydrogen-bond acceptors (Lipinski definition) is 4. The number of carbonyl (C=O) groups is 2. The molecule has 3 aromatic rings. The van der Waals surface area contributed by atoms with Crippen LogP contribution in [-0.2, 0) is 15.0 Å². The lowest BCUT2D eigenvalue weighted by Gasteiger charge is -2.25. The topological polar surface area (TPSA) is 82.6 Å². The monoisotopic (exact) mass is 474 g/mol. The SMILES string of the molecule is CCCCCN1C(=O)C(=O)/C(=C(/O)c2cc(C(C)(C)C)ccc2OC)C1c1c[nH]c2ccccc12. The fraction of sp³-hybridized carbons (Fsp3) is 0.379. The van der Waals surface area contributed by atoms with Gasteiger partial charge in [-0.2, -0.15) is 0 Å². The second-order valence-electron chi connectivity index (χ2n) is 10.2. The molecule has 4 rings (SSSR count). The van der Waals surface area contributed by atoms with Crippen LogP contribution in [0.5, 0.6) is 5.75 Å². The average molecular weight is 475 g/mol. The maximum atomic E-state index is 13.4. The van der Waals surface area contributed by atoms with Crippen LogP contribution in [0, 0.1) is 0 Å². The molecule has 6 heteroatoms. The number of aliphatic hydroxyl groups is 1. The van der Waals surface area contributed by atoms with Crippen molar-refractivity contribution in [2.45, 2.75) is 58.4 Å². The number of H-pyrrole nitrogens is 1. The maximum Gasteiger partial charge on any atom is 0.295 e. The number of ketones is 1. The Balaban J connectivity index is 1.95. The van der Waals surface area contributed by atoms with E-state index in [-0.39, 0.29) is 16.7 Å². The summed E-state index contributed by atoms with van der Waals surface area (Å²) in [5.41, 5.74) is 3.03. The van der Waals surface area contributed by atoms with Gasteiger partial charge in [-0.25, -0.2) is 0 Å². The zero-order valence-electron chi connectivity index (χ0n) is 21.1. The van der Waals surface area contributed by atoms with Crippen LogP contribution < -0.4 is 4.74 Å². The van der Waals surface area contributed by atoms with E-state index in [1.54, 1.807) is 11.0 Å². The van der Waals surface area contributed by atoms with E-state index in [4.69, 9.17) is 4.74 Å². The molecular formula is C29H34N2O4. The van der Waals surface area contributed by atoms with Crippen molar-refractivity contribution in [2.75, 3.05) is 13.7 Å². The molecule has 2 heterocycles. The molecule has 1 aromatic heterocycles. The number of unbranched alkanes of at least 4 members (excludes halogenated alkanes) is 2. The molecule has 0 radical (unpaired) electrons. The second-order valence-corrected chi connectivity index (χ2v) is 10.2. The Bertz CT molecular complexity index is 1300. The van der Waals surface area contributed by atoms with Crippen molar-refractivity contribution in [3.8, 4) is 5.75 Å². The van der Waals surface area contributed by atoms with Crippen molar-refractivity contribution in [1.29, 1.82) is 0 Å². The molecule has 6 nitrogen and oxygen atoms in total. The zero-order chi connectivity index (χ0) is 25.3. The number of fused-ring (bicyclic) bond motifs is 1. The molecule has 1 aliphatic heterocycles. The van der Waals surface area contributed by atoms with Gasteiger partial charge >= 0.3 is 0 Å². The lowest BCUT2D eigenvalue weighted by molar-refractivity contribution is -0.139. The zero-order valence-corrected chi connectivity index (χ0v) is 21.1. The Morgan fingerprint density at radius 3 is 2.54 bits per heavy atom. The number of para-hydroxylation sites is 1. The van der Waals surface area contributed by atoms with E-state index in [1.165, 1.54) is 7.11 Å². The maximum absolute atomic E-state index is 13.4. The van der Waals surface area contributed by atoms with Gasteiger partial charge in [0.05, 0.1) is 24.3 Å². The summed E-state index contributed by atoms with van der Waals surface area (Å²) in [4.78, 5) is 31.5. The van der Waals surface area contributed by atoms with Crippen molar-refractivity contribution in [3.63, 3.8) is 0 Å². The first-order valence-corrected chi connectivity index (χ1v) is 12.2. The number of nitrogens with one attached hydrogen (secondary N) is 1. The molecule has 2 aromatic carbocycles. The minimum atomic E-state index is -0.689. The molecular weight excluding hydrogens is 440 g/mol. The summed E-state index contributed by atoms with van der Waals surface area (Å²) in [6.07, 6.45) is 4.57. The standard InChI is InChI=1S/C29H34N2O4/c1-6-7-10-15-31-25(21-17-30-22-12-9-8-11-19(21)22)24(27(33)28(31)34)26(32)20-16-18(29(2,3)4)13-14-23(20)35-5/h8-9,11-14,16-17,25,30,32H,6-7,10,15H2,1-5H3/b26-24+. The summed E-state index contributed by atoms with van der Waals surface area (Å²) in [6.45, 7) is 8.78. The number of ether oxygens (including phenoxy) is 1. The molecule has 1 atom stereocenters. The van der Waals surface area contributed by atoms with Gasteiger partial charge in [-0.3, -0.25) is 9.59 Å². The largest absolute Gasteiger partial charge is 0.507 e. The molecule has 2 N–H and O–H groups in total. The van der Waals surface area contributed by atoms with Crippen LogP contribution in [-0.4, -0.2) is 40.3 Å². The van der Waals surface area contributed by atoms with Crippen LogP contribution in [0.4, 0.5) is 0 Å². The van der Waals surface area contributed by atoms with Gasteiger partial charge < -0.3 is 19.7 Å². The number of benzene rings is 2. The van der Waals surface area contributed by atoms with Crippen molar-refractivity contribution < 1.29 is 19.4 Å². The molecule has 0 aliphatic carbocycles. The van der Waals surface area contributed by atoms with Crippen molar-refractivity contribution >= 4 is 28.4 Å². The third kappa shape index (κ3) is 4.45. The number of Topliss-reactive ketones (excluding diaryl/α,β-unsaturated/α-hetero) is 1. The van der Waals surface area contributed by atoms with E-state index in [2.05, 4.69) is 32.7 Å². The number of hydrogen-bond donors (Lipinski definition) is 2. The van der Waals surface area contributed by atoms with Crippen LogP contribution >= 0.6 is 0 Å². The van der Waals surface area contributed by atoms with Crippen molar-refractivity contribution in [1.82, 2.24) is 9.88 Å². The summed E-state index contributed by atoms with van der Waals surface area (Å²) in [5.74, 6) is -1.01. The van der Waals surface area contributed by atoms with E-state index >= 15 is 0 Å². The normalized spacial score (nSPS) is 18.0. The van der Waals surface area contributed by atoms with Crippen LogP contribution in [0.2, 0.25) is 0 Å². The van der Waals surface area contributed by atoms with Gasteiger partial charge in [0.15, 0.2) is 0 Å². The molecule has 184 valence electrons. The highest BCUT2D eigenvalue weighted by molar-refractivity contribution is 6.46. The highest BCUT2D eigenvalue weighted by Gasteiger charge is 2.46. The first-order chi connectivity index (χ1) is 16.7. The molecule has 1 unspecified atom stereocenters. The van der Waals surface area contributed by atoms with Gasteiger partial charge in [0.2, 0.25) is 0 Å². The van der Waals surface area contributed by atoms with Crippen molar-refractivity contribution in [3.05, 3.63) is 70.9 Å². The lowest BCUT2D eigenvalue weighted by Crippen LogP contribution is -2.30. The van der Waals surface area contributed by atoms with Gasteiger partial charge in [-0.1, -0.05) is 64.8 Å². The molecule has 1 saturated heterocycles. The van der Waals surface area contributed by atoms with Gasteiger partial charge in [-0.05, 0) is 35.6 Å². The summed E-state index contributed by atoms with van der Waals surface area (Å²) in [6, 6.07) is 12.7. The number of methoxy groups -OCH3 is 1. The second kappa shape index (κ2) is 9.61. The van der Waals surface area contributed by atoms with E-state index in [9.17, 15) is 14.7 Å². The summed E-state index contributed by atoms with van der Waals surface area (Å²) < 4.78 is 5.55. The predicted molar refractivity (Wildman–Crippen MR) is 139 cm³/mol. The third-order valence-corrected chi connectivity index (χ3v) is 6.78. The number of carbonyl (C=O) groups excluding carboxylic acids is 2. The number of aromatic nitrogens is 1. The Hall–Kier alpha value is -3.54. The Morgan fingerprint density at radius 1 is 1.11 bits per heavy atom. The van der Waals surface area contributed by atoms with E-state index in [0.717, 1.165) is 41.3 Å². The minimum Gasteiger partial charge on any atom is -0.507 e. The van der Waals surface area contributed by atoms with Crippen LogP contribution in [0.1, 0.15) is 69.7 Å². The first kappa shape index (κ1) is 24.6. The minimum absolute atomic E-state index is 0.0978. The number of aromatic amines is 1. The number of likely N-dealkylation sites (tertiary alicyclic amines) is 1. The van der Waals surface area contributed by atoms with Crippen LogP contribution in [0.3, 0.4) is 0 Å². The highest BCUT2D eigenvalue weighted by Crippen LogP contribution is 2.43. The summed E-state index contributed by atoms with van der Waals surface area (Å²) in [5, 5.41) is 12.5. The molecule has 1 amide bonds. The Morgan fingerprint density at radius 2 is 1.86 bits per heavy atom. The summed E-state index contributed by atoms with van der Waals surface area (Å²) >= 11 is 0. The fourth-order valence-electron chi connectivity index (χ4n) is 4.79. The predicted octanol–water partition coefficient (Wildman–Crippen LogP) is 6.09. The van der Waals surface area contributed by atoms with Crippen LogP contribution in [0.25, 0.3) is 16.7 Å². The average Bonchev–Trinajstić information content (AvgIpc) is 3.37. The first-order valence-electron chi connectivity index (χ1n) is 12.2. The van der Waals surface area contributed by atoms with Crippen molar-refractivity contribution in [2.24, 2.45) is 0 Å². The van der Waals surface area contributed by atoms with E-state index in [0.29, 0.717) is 17.9 Å². The van der Waals surface area contributed by atoms with Gasteiger partial charge in [0.25, 0.3) is 11.7 Å². The lowest BCUT2D eigenvalue weighted by atomic mass is 9.85. The number of amides is 1. The molecule has 0 bridgehead atoms. The molecule has 0 saturated carbocycles. The van der Waals surface area contributed by atoms with E-state index < -0.39 is 17.7 Å². The molecule has 1 fully saturated rings. The smallest absolute Gasteiger partial charge is 0.295 e. The number of aliphatic hydroxyl groups excluding tert-OH is 1. The van der Waals surface area contributed by atoms with E-state index in [1.807, 2.05) is 42.6 Å². The number of rotatable bonds is 7. The Labute approximate surface area is 206 Å². The quantitative estimate of drug-likeness (QED) is 0.188. The number of nitrogens with zero attached hydrogens (tertiary/aromatic N) is 1. The third-order valence-electron chi connectivity index (χ3n) is 6.78. The van der Waals surface area contributed by atoms with Gasteiger partial charge in [-0.15, -0.1) is 0 Å². The van der Waals surface area contributed by atoms with Gasteiger partial charge in [0.1, 0.15) is 11.5 Å². The van der Waals surface area contributed by atoms with Crippen LogP contribution in [0.15, 0.2) is 54.2 Å². The highest BCUT2D eigenvalue weighted by atomic mass is 16.5. The fourth-order valence-corrected chi connectivity index (χ4v) is 4.79. The molecule has 35 heavy (non-hydrogen) atoms. The summed E-state index contributed by atoms with van der Waals surface area (Å²) in [7, 11) is 1.53. The molecule has 1 aliphatic rings.